The van der Waals surface area contributed by atoms with E-state index in [0.717, 1.165) is 25.0 Å². The van der Waals surface area contributed by atoms with Gasteiger partial charge in [-0.3, -0.25) is 0 Å². The Labute approximate surface area is 114 Å². The highest BCUT2D eigenvalue weighted by Crippen LogP contribution is 2.23. The molecule has 2 nitrogen and oxygen atoms in total. The van der Waals surface area contributed by atoms with Gasteiger partial charge < -0.3 is 10.1 Å². The Balaban J connectivity index is 2.42. The van der Waals surface area contributed by atoms with Crippen molar-refractivity contribution in [3.63, 3.8) is 0 Å². The molecule has 18 heavy (non-hydrogen) atoms. The van der Waals surface area contributed by atoms with E-state index in [9.17, 15) is 0 Å². The predicted molar refractivity (Wildman–Crippen MR) is 78.9 cm³/mol. The zero-order valence-corrected chi connectivity index (χ0v) is 12.9. The first-order chi connectivity index (χ1) is 8.63. The second-order valence-electron chi connectivity index (χ2n) is 6.44. The lowest BCUT2D eigenvalue weighted by Crippen LogP contribution is -2.44. The third kappa shape index (κ3) is 6.19. The maximum Gasteiger partial charge on any atom is 0.0728 e. The molecule has 1 N–H and O–H groups in total. The van der Waals surface area contributed by atoms with Crippen molar-refractivity contribution >= 4 is 0 Å². The molecule has 0 bridgehead atoms. The number of nitrogens with one attached hydrogen (secondary N) is 1. The average Bonchev–Trinajstić information content (AvgIpc) is 2.34. The molecule has 3 unspecified atom stereocenters. The summed E-state index contributed by atoms with van der Waals surface area (Å²) in [5.41, 5.74) is 0. The van der Waals surface area contributed by atoms with E-state index in [2.05, 4.69) is 33.0 Å². The van der Waals surface area contributed by atoms with Crippen LogP contribution in [0.5, 0.6) is 0 Å². The van der Waals surface area contributed by atoms with Crippen molar-refractivity contribution in [2.75, 3.05) is 13.2 Å². The molecule has 1 aliphatic rings. The molecule has 0 aromatic rings. The number of hydrogen-bond acceptors (Lipinski definition) is 2. The Bertz CT molecular complexity index is 199. The summed E-state index contributed by atoms with van der Waals surface area (Å²) in [4.78, 5) is 0. The van der Waals surface area contributed by atoms with Crippen LogP contribution < -0.4 is 5.32 Å². The van der Waals surface area contributed by atoms with Crippen molar-refractivity contribution in [2.45, 2.75) is 78.4 Å². The molecule has 0 spiro atoms. The van der Waals surface area contributed by atoms with Gasteiger partial charge in [-0.15, -0.1) is 0 Å². The van der Waals surface area contributed by atoms with Gasteiger partial charge in [0.1, 0.15) is 0 Å². The predicted octanol–water partition coefficient (Wildman–Crippen LogP) is 4.00. The van der Waals surface area contributed by atoms with Crippen LogP contribution in [0.2, 0.25) is 0 Å². The molecular weight excluding hydrogens is 222 g/mol. The van der Waals surface area contributed by atoms with Crippen LogP contribution in [0.4, 0.5) is 0 Å². The highest BCUT2D eigenvalue weighted by molar-refractivity contribution is 4.81. The molecule has 0 radical (unpaired) electrons. The lowest BCUT2D eigenvalue weighted by atomic mass is 9.89. The fourth-order valence-corrected chi connectivity index (χ4v) is 3.11. The van der Waals surface area contributed by atoms with E-state index in [4.69, 9.17) is 4.74 Å². The fourth-order valence-electron chi connectivity index (χ4n) is 3.11. The smallest absolute Gasteiger partial charge is 0.0728 e. The van der Waals surface area contributed by atoms with Gasteiger partial charge in [0.2, 0.25) is 0 Å². The standard InChI is InChI=1S/C16H33NO/c1-5-9-17-15(12-14(4)11-13(2)3)16-8-6-7-10-18-16/h13-17H,5-12H2,1-4H3. The van der Waals surface area contributed by atoms with Gasteiger partial charge in [-0.25, -0.2) is 0 Å². The average molecular weight is 255 g/mol. The van der Waals surface area contributed by atoms with Crippen molar-refractivity contribution in [1.82, 2.24) is 5.32 Å². The minimum atomic E-state index is 0.458. The SMILES string of the molecule is CCCNC(CC(C)CC(C)C)C1CCCCO1. The van der Waals surface area contributed by atoms with Crippen molar-refractivity contribution in [3.05, 3.63) is 0 Å². The molecule has 108 valence electrons. The topological polar surface area (TPSA) is 21.3 Å². The van der Waals surface area contributed by atoms with E-state index in [1.165, 1.54) is 38.5 Å². The quantitative estimate of drug-likeness (QED) is 0.708. The largest absolute Gasteiger partial charge is 0.377 e. The normalized spacial score (nSPS) is 24.2. The summed E-state index contributed by atoms with van der Waals surface area (Å²) < 4.78 is 5.98. The van der Waals surface area contributed by atoms with Crippen LogP contribution in [0, 0.1) is 11.8 Å². The van der Waals surface area contributed by atoms with Crippen molar-refractivity contribution in [3.8, 4) is 0 Å². The molecule has 1 fully saturated rings. The van der Waals surface area contributed by atoms with Crippen LogP contribution in [-0.2, 0) is 4.74 Å². The highest BCUT2D eigenvalue weighted by atomic mass is 16.5. The summed E-state index contributed by atoms with van der Waals surface area (Å²) in [5, 5.41) is 3.72. The van der Waals surface area contributed by atoms with E-state index in [0.29, 0.717) is 12.1 Å². The third-order valence-corrected chi connectivity index (χ3v) is 3.85. The van der Waals surface area contributed by atoms with Crippen LogP contribution in [0.1, 0.15) is 66.2 Å². The molecule has 0 aliphatic carbocycles. The van der Waals surface area contributed by atoms with E-state index >= 15 is 0 Å². The molecular formula is C16H33NO. The minimum absolute atomic E-state index is 0.458. The summed E-state index contributed by atoms with van der Waals surface area (Å²) in [6.07, 6.45) is 8.10. The third-order valence-electron chi connectivity index (χ3n) is 3.85. The Kier molecular flexibility index (Phi) is 7.92. The Hall–Kier alpha value is -0.0800. The number of rotatable bonds is 8. The molecule has 1 saturated heterocycles. The van der Waals surface area contributed by atoms with Crippen molar-refractivity contribution < 1.29 is 4.74 Å². The van der Waals surface area contributed by atoms with Crippen LogP contribution in [0.3, 0.4) is 0 Å². The monoisotopic (exact) mass is 255 g/mol. The van der Waals surface area contributed by atoms with E-state index in [-0.39, 0.29) is 0 Å². The van der Waals surface area contributed by atoms with E-state index in [1.807, 2.05) is 0 Å². The second kappa shape index (κ2) is 8.92. The first kappa shape index (κ1) is 16.0. The van der Waals surface area contributed by atoms with Gasteiger partial charge in [-0.1, -0.05) is 27.7 Å². The Morgan fingerprint density at radius 1 is 1.17 bits per heavy atom. The van der Waals surface area contributed by atoms with E-state index < -0.39 is 0 Å². The number of ether oxygens (including phenoxy) is 1. The van der Waals surface area contributed by atoms with E-state index in [1.54, 1.807) is 0 Å². The molecule has 1 aliphatic heterocycles. The van der Waals surface area contributed by atoms with Crippen LogP contribution in [0.15, 0.2) is 0 Å². The summed E-state index contributed by atoms with van der Waals surface area (Å²) in [6.45, 7) is 11.4. The summed E-state index contributed by atoms with van der Waals surface area (Å²) in [7, 11) is 0. The molecule has 2 heteroatoms. The van der Waals surface area contributed by atoms with Crippen molar-refractivity contribution in [1.29, 1.82) is 0 Å². The van der Waals surface area contributed by atoms with Gasteiger partial charge in [0.15, 0.2) is 0 Å². The van der Waals surface area contributed by atoms with Gasteiger partial charge in [0.05, 0.1) is 6.10 Å². The minimum Gasteiger partial charge on any atom is -0.377 e. The molecule has 0 aromatic heterocycles. The van der Waals surface area contributed by atoms with Crippen LogP contribution in [0.25, 0.3) is 0 Å². The summed E-state index contributed by atoms with van der Waals surface area (Å²) in [5.74, 6) is 1.60. The van der Waals surface area contributed by atoms with Gasteiger partial charge >= 0.3 is 0 Å². The van der Waals surface area contributed by atoms with Gasteiger partial charge in [0, 0.05) is 12.6 Å². The molecule has 1 heterocycles. The fraction of sp³-hybridized carbons (Fsp3) is 1.00. The molecule has 3 atom stereocenters. The second-order valence-corrected chi connectivity index (χ2v) is 6.44. The molecule has 0 amide bonds. The molecule has 0 saturated carbocycles. The van der Waals surface area contributed by atoms with Gasteiger partial charge in [-0.05, 0) is 56.9 Å². The summed E-state index contributed by atoms with van der Waals surface area (Å²) in [6, 6.07) is 0.569. The highest BCUT2D eigenvalue weighted by Gasteiger charge is 2.25. The maximum absolute atomic E-state index is 5.98. The maximum atomic E-state index is 5.98. The zero-order valence-electron chi connectivity index (χ0n) is 12.9. The Morgan fingerprint density at radius 2 is 1.94 bits per heavy atom. The Morgan fingerprint density at radius 3 is 2.50 bits per heavy atom. The lowest BCUT2D eigenvalue weighted by molar-refractivity contribution is -0.0126. The first-order valence-corrected chi connectivity index (χ1v) is 7.98. The molecule has 1 rings (SSSR count). The van der Waals surface area contributed by atoms with Crippen molar-refractivity contribution in [2.24, 2.45) is 11.8 Å². The molecule has 0 aromatic carbocycles. The van der Waals surface area contributed by atoms with Gasteiger partial charge in [-0.2, -0.15) is 0 Å². The zero-order chi connectivity index (χ0) is 13.4. The van der Waals surface area contributed by atoms with Gasteiger partial charge in [0.25, 0.3) is 0 Å². The number of hydrogen-bond donors (Lipinski definition) is 1. The van der Waals surface area contributed by atoms with Crippen LogP contribution in [-0.4, -0.2) is 25.3 Å². The first-order valence-electron chi connectivity index (χ1n) is 7.98. The summed E-state index contributed by atoms with van der Waals surface area (Å²) >= 11 is 0. The lowest BCUT2D eigenvalue weighted by Gasteiger charge is -2.33. The van der Waals surface area contributed by atoms with Crippen LogP contribution >= 0.6 is 0 Å².